The molecule has 5 nitrogen and oxygen atoms in total. The molecular weight excluding hydrogens is 206 g/mol. The zero-order chi connectivity index (χ0) is 12.1. The molecule has 0 bridgehead atoms. The van der Waals surface area contributed by atoms with E-state index in [0.29, 0.717) is 25.4 Å². The minimum Gasteiger partial charge on any atom is -0.370 e. The monoisotopic (exact) mass is 227 g/mol. The highest BCUT2D eigenvalue weighted by Gasteiger charge is 2.27. The second-order valence-corrected chi connectivity index (χ2v) is 4.71. The van der Waals surface area contributed by atoms with Crippen molar-refractivity contribution in [2.24, 2.45) is 11.7 Å². The van der Waals surface area contributed by atoms with Crippen LogP contribution in [0.25, 0.3) is 0 Å². The Kier molecular flexibility index (Phi) is 4.73. The van der Waals surface area contributed by atoms with Gasteiger partial charge in [0.2, 0.25) is 11.8 Å². The van der Waals surface area contributed by atoms with Crippen LogP contribution in [0.3, 0.4) is 0 Å². The van der Waals surface area contributed by atoms with Gasteiger partial charge in [0.15, 0.2) is 0 Å². The first-order valence-electron chi connectivity index (χ1n) is 5.79. The molecule has 3 N–H and O–H groups in total. The average molecular weight is 227 g/mol. The van der Waals surface area contributed by atoms with E-state index >= 15 is 0 Å². The molecule has 1 unspecified atom stereocenters. The molecule has 0 aromatic heterocycles. The van der Waals surface area contributed by atoms with Gasteiger partial charge in [0.05, 0.1) is 6.04 Å². The van der Waals surface area contributed by atoms with Crippen molar-refractivity contribution in [3.63, 3.8) is 0 Å². The van der Waals surface area contributed by atoms with Crippen molar-refractivity contribution >= 4 is 11.8 Å². The Hall–Kier alpha value is -1.10. The highest BCUT2D eigenvalue weighted by molar-refractivity contribution is 5.79. The lowest BCUT2D eigenvalue weighted by molar-refractivity contribution is -0.136. The second-order valence-electron chi connectivity index (χ2n) is 4.71. The molecular formula is C11H21N3O2. The fourth-order valence-corrected chi connectivity index (χ4v) is 1.97. The van der Waals surface area contributed by atoms with Crippen LogP contribution in [0.15, 0.2) is 0 Å². The van der Waals surface area contributed by atoms with Gasteiger partial charge in [0.1, 0.15) is 0 Å². The minimum absolute atomic E-state index is 0.0718. The van der Waals surface area contributed by atoms with E-state index in [0.717, 1.165) is 6.54 Å². The van der Waals surface area contributed by atoms with Gasteiger partial charge in [-0.05, 0) is 5.92 Å². The van der Waals surface area contributed by atoms with Gasteiger partial charge in [-0.25, -0.2) is 0 Å². The quantitative estimate of drug-likeness (QED) is 0.693. The number of nitrogens with zero attached hydrogens (tertiary/aromatic N) is 1. The van der Waals surface area contributed by atoms with Crippen molar-refractivity contribution < 1.29 is 9.59 Å². The lowest BCUT2D eigenvalue weighted by atomic mass is 10.1. The van der Waals surface area contributed by atoms with Gasteiger partial charge < -0.3 is 16.0 Å². The summed E-state index contributed by atoms with van der Waals surface area (Å²) in [6.07, 6.45) is 0.784. The summed E-state index contributed by atoms with van der Waals surface area (Å²) in [5, 5.41) is 3.18. The molecule has 1 aliphatic rings. The highest BCUT2D eigenvalue weighted by Crippen LogP contribution is 2.12. The molecule has 0 aromatic carbocycles. The smallest absolute Gasteiger partial charge is 0.223 e. The highest BCUT2D eigenvalue weighted by atomic mass is 16.2. The molecule has 0 radical (unpaired) electrons. The van der Waals surface area contributed by atoms with Crippen molar-refractivity contribution in [2.75, 3.05) is 19.6 Å². The van der Waals surface area contributed by atoms with Crippen molar-refractivity contribution in [1.82, 2.24) is 10.2 Å². The molecule has 5 heteroatoms. The molecule has 0 aromatic rings. The standard InChI is InChI=1S/C11H21N3O2/c1-8(2)5-11(16)14-4-3-13-7-9(14)6-10(12)15/h8-9,13H,3-7H2,1-2H3,(H2,12,15). The number of nitrogens with one attached hydrogen (secondary N) is 1. The fourth-order valence-electron chi connectivity index (χ4n) is 1.97. The van der Waals surface area contributed by atoms with Crippen molar-refractivity contribution in [2.45, 2.75) is 32.7 Å². The van der Waals surface area contributed by atoms with Crippen LogP contribution in [0.4, 0.5) is 0 Å². The summed E-state index contributed by atoms with van der Waals surface area (Å²) in [5.74, 6) is 0.121. The van der Waals surface area contributed by atoms with E-state index in [2.05, 4.69) is 5.32 Å². The fraction of sp³-hybridized carbons (Fsp3) is 0.818. The maximum Gasteiger partial charge on any atom is 0.223 e. The lowest BCUT2D eigenvalue weighted by Crippen LogP contribution is -2.54. The zero-order valence-corrected chi connectivity index (χ0v) is 10.0. The Balaban J connectivity index is 2.58. The number of hydrogen-bond acceptors (Lipinski definition) is 3. The first-order chi connectivity index (χ1) is 7.50. The van der Waals surface area contributed by atoms with Gasteiger partial charge in [-0.3, -0.25) is 9.59 Å². The van der Waals surface area contributed by atoms with Crippen molar-refractivity contribution in [1.29, 1.82) is 0 Å². The third-order valence-electron chi connectivity index (χ3n) is 2.69. The number of carbonyl (C=O) groups is 2. The number of nitrogens with two attached hydrogens (primary N) is 1. The van der Waals surface area contributed by atoms with Crippen LogP contribution in [0, 0.1) is 5.92 Å². The summed E-state index contributed by atoms with van der Waals surface area (Å²) in [5.41, 5.74) is 5.18. The van der Waals surface area contributed by atoms with Gasteiger partial charge in [-0.15, -0.1) is 0 Å². The Labute approximate surface area is 96.4 Å². The lowest BCUT2D eigenvalue weighted by Gasteiger charge is -2.36. The summed E-state index contributed by atoms with van der Waals surface area (Å²) in [7, 11) is 0. The first kappa shape index (κ1) is 13.0. The molecule has 1 atom stereocenters. The number of carbonyl (C=O) groups excluding carboxylic acids is 2. The topological polar surface area (TPSA) is 75.4 Å². The molecule has 2 amide bonds. The predicted molar refractivity (Wildman–Crippen MR) is 61.6 cm³/mol. The minimum atomic E-state index is -0.351. The molecule has 0 saturated carbocycles. The predicted octanol–water partition coefficient (Wildman–Crippen LogP) is -0.292. The molecule has 1 rings (SSSR count). The largest absolute Gasteiger partial charge is 0.370 e. The van der Waals surface area contributed by atoms with Crippen LogP contribution in [-0.4, -0.2) is 42.4 Å². The van der Waals surface area contributed by atoms with Gasteiger partial charge in [0.25, 0.3) is 0 Å². The van der Waals surface area contributed by atoms with E-state index in [1.807, 2.05) is 13.8 Å². The van der Waals surface area contributed by atoms with Crippen LogP contribution >= 0.6 is 0 Å². The number of primary amides is 1. The molecule has 0 aliphatic carbocycles. The van der Waals surface area contributed by atoms with E-state index in [-0.39, 0.29) is 24.3 Å². The number of amides is 2. The summed E-state index contributed by atoms with van der Waals surface area (Å²) in [4.78, 5) is 24.7. The summed E-state index contributed by atoms with van der Waals surface area (Å²) in [6, 6.07) is -0.0718. The maximum absolute atomic E-state index is 11.9. The van der Waals surface area contributed by atoms with Gasteiger partial charge >= 0.3 is 0 Å². The van der Waals surface area contributed by atoms with Gasteiger partial charge in [-0.2, -0.15) is 0 Å². The average Bonchev–Trinajstić information content (AvgIpc) is 2.16. The Morgan fingerprint density at radius 3 is 2.75 bits per heavy atom. The Morgan fingerprint density at radius 1 is 1.50 bits per heavy atom. The van der Waals surface area contributed by atoms with E-state index in [1.54, 1.807) is 4.90 Å². The molecule has 1 heterocycles. The molecule has 1 fully saturated rings. The van der Waals surface area contributed by atoms with Crippen molar-refractivity contribution in [3.05, 3.63) is 0 Å². The van der Waals surface area contributed by atoms with Crippen LogP contribution in [-0.2, 0) is 9.59 Å². The normalized spacial score (nSPS) is 21.2. The third-order valence-corrected chi connectivity index (χ3v) is 2.69. The van der Waals surface area contributed by atoms with Gasteiger partial charge in [-0.1, -0.05) is 13.8 Å². The molecule has 1 aliphatic heterocycles. The number of rotatable bonds is 4. The first-order valence-corrected chi connectivity index (χ1v) is 5.79. The Bertz CT molecular complexity index is 266. The number of hydrogen-bond donors (Lipinski definition) is 2. The van der Waals surface area contributed by atoms with Crippen LogP contribution in [0.2, 0.25) is 0 Å². The third kappa shape index (κ3) is 3.81. The summed E-state index contributed by atoms with van der Waals surface area (Å²) in [6.45, 7) is 6.15. The van der Waals surface area contributed by atoms with E-state index < -0.39 is 0 Å². The molecule has 0 spiro atoms. The van der Waals surface area contributed by atoms with Gasteiger partial charge in [0, 0.05) is 32.5 Å². The van der Waals surface area contributed by atoms with Crippen molar-refractivity contribution in [3.8, 4) is 0 Å². The Morgan fingerprint density at radius 2 is 2.19 bits per heavy atom. The number of piperazine rings is 1. The second kappa shape index (κ2) is 5.84. The molecule has 16 heavy (non-hydrogen) atoms. The van der Waals surface area contributed by atoms with E-state index in [9.17, 15) is 9.59 Å². The van der Waals surface area contributed by atoms with Crippen LogP contribution in [0.1, 0.15) is 26.7 Å². The van der Waals surface area contributed by atoms with Crippen LogP contribution in [0.5, 0.6) is 0 Å². The summed E-state index contributed by atoms with van der Waals surface area (Å²) < 4.78 is 0. The van der Waals surface area contributed by atoms with E-state index in [4.69, 9.17) is 5.73 Å². The van der Waals surface area contributed by atoms with E-state index in [1.165, 1.54) is 0 Å². The maximum atomic E-state index is 11.9. The molecule has 92 valence electrons. The summed E-state index contributed by atoms with van der Waals surface area (Å²) >= 11 is 0. The molecule has 1 saturated heterocycles. The SMILES string of the molecule is CC(C)CC(=O)N1CCNCC1CC(N)=O. The van der Waals surface area contributed by atoms with Crippen LogP contribution < -0.4 is 11.1 Å². The zero-order valence-electron chi connectivity index (χ0n) is 10.0.